The smallest absolute Gasteiger partial charge is 0.0701 e. The van der Waals surface area contributed by atoms with Crippen LogP contribution in [-0.4, -0.2) is 41.4 Å². The van der Waals surface area contributed by atoms with Crippen molar-refractivity contribution in [2.24, 2.45) is 0 Å². The molecule has 1 aromatic heterocycles. The number of nitrogens with zero attached hydrogens (tertiary/aromatic N) is 1. The molecule has 0 amide bonds. The first-order chi connectivity index (χ1) is 6.76. The summed E-state index contributed by atoms with van der Waals surface area (Å²) in [6.07, 6.45) is 0. The average Bonchev–Trinajstić information content (AvgIpc) is 2.52. The Bertz CT molecular complexity index is 261. The summed E-state index contributed by atoms with van der Waals surface area (Å²) >= 11 is 5.05. The second-order valence-corrected chi connectivity index (χ2v) is 5.27. The van der Waals surface area contributed by atoms with E-state index in [0.717, 1.165) is 10.3 Å². The van der Waals surface area contributed by atoms with E-state index in [4.69, 9.17) is 10.2 Å². The van der Waals surface area contributed by atoms with E-state index in [1.165, 1.54) is 5.56 Å². The van der Waals surface area contributed by atoms with Crippen molar-refractivity contribution in [3.63, 3.8) is 0 Å². The highest BCUT2D eigenvalue weighted by Gasteiger charge is 2.05. The normalized spacial score (nSPS) is 11.1. The molecule has 0 fully saturated rings. The third kappa shape index (κ3) is 4.06. The van der Waals surface area contributed by atoms with Gasteiger partial charge in [-0.15, -0.1) is 11.3 Å². The highest BCUT2D eigenvalue weighted by Crippen LogP contribution is 2.21. The fourth-order valence-corrected chi connectivity index (χ4v) is 2.44. The SMILES string of the molecule is OCCN(CCO)Cc1csc(Br)c1. The van der Waals surface area contributed by atoms with Crippen LogP contribution in [0.3, 0.4) is 0 Å². The van der Waals surface area contributed by atoms with Gasteiger partial charge in [0.05, 0.1) is 17.0 Å². The van der Waals surface area contributed by atoms with Crippen LogP contribution in [0, 0.1) is 0 Å². The predicted molar refractivity (Wildman–Crippen MR) is 61.5 cm³/mol. The summed E-state index contributed by atoms with van der Waals surface area (Å²) < 4.78 is 1.11. The summed E-state index contributed by atoms with van der Waals surface area (Å²) in [5.41, 5.74) is 1.21. The average molecular weight is 280 g/mol. The lowest BCUT2D eigenvalue weighted by molar-refractivity contribution is 0.156. The number of hydrogen-bond acceptors (Lipinski definition) is 4. The van der Waals surface area contributed by atoms with E-state index in [1.54, 1.807) is 11.3 Å². The van der Waals surface area contributed by atoms with Gasteiger partial charge in [-0.3, -0.25) is 4.90 Å². The maximum atomic E-state index is 8.82. The molecule has 0 aliphatic carbocycles. The first kappa shape index (κ1) is 12.1. The van der Waals surface area contributed by atoms with Gasteiger partial charge in [0.1, 0.15) is 0 Å². The van der Waals surface area contributed by atoms with Crippen molar-refractivity contribution in [1.82, 2.24) is 4.90 Å². The van der Waals surface area contributed by atoms with Crippen molar-refractivity contribution >= 4 is 27.3 Å². The predicted octanol–water partition coefficient (Wildman–Crippen LogP) is 1.30. The van der Waals surface area contributed by atoms with Crippen molar-refractivity contribution in [2.45, 2.75) is 6.54 Å². The molecule has 0 aliphatic rings. The van der Waals surface area contributed by atoms with E-state index in [1.807, 2.05) is 4.90 Å². The second-order valence-electron chi connectivity index (χ2n) is 2.98. The molecule has 2 N–H and O–H groups in total. The maximum absolute atomic E-state index is 8.82. The van der Waals surface area contributed by atoms with Gasteiger partial charge in [-0.05, 0) is 32.9 Å². The Morgan fingerprint density at radius 3 is 2.36 bits per heavy atom. The minimum Gasteiger partial charge on any atom is -0.395 e. The first-order valence-electron chi connectivity index (χ1n) is 4.43. The Labute approximate surface area is 96.1 Å². The van der Waals surface area contributed by atoms with Crippen molar-refractivity contribution < 1.29 is 10.2 Å². The van der Waals surface area contributed by atoms with Crippen LogP contribution in [0.5, 0.6) is 0 Å². The van der Waals surface area contributed by atoms with Crippen LogP contribution in [0.25, 0.3) is 0 Å². The molecule has 0 aromatic carbocycles. The summed E-state index contributed by atoms with van der Waals surface area (Å²) in [6, 6.07) is 2.06. The monoisotopic (exact) mass is 279 g/mol. The van der Waals surface area contributed by atoms with Gasteiger partial charge in [-0.25, -0.2) is 0 Å². The van der Waals surface area contributed by atoms with Crippen molar-refractivity contribution in [1.29, 1.82) is 0 Å². The van der Waals surface area contributed by atoms with Crippen molar-refractivity contribution in [3.05, 3.63) is 20.8 Å². The molecule has 0 aliphatic heterocycles. The molecule has 80 valence electrons. The van der Waals surface area contributed by atoms with Crippen LogP contribution in [0.15, 0.2) is 15.2 Å². The number of hydrogen-bond donors (Lipinski definition) is 2. The van der Waals surface area contributed by atoms with Gasteiger partial charge in [0.2, 0.25) is 0 Å². The Morgan fingerprint density at radius 1 is 1.29 bits per heavy atom. The molecule has 0 saturated carbocycles. The molecule has 1 rings (SSSR count). The molecule has 0 spiro atoms. The molecule has 0 saturated heterocycles. The molecule has 1 heterocycles. The van der Waals surface area contributed by atoms with Crippen LogP contribution in [0.1, 0.15) is 5.56 Å². The van der Waals surface area contributed by atoms with Gasteiger partial charge >= 0.3 is 0 Å². The Kier molecular flexibility index (Phi) is 5.66. The third-order valence-corrected chi connectivity index (χ3v) is 3.41. The van der Waals surface area contributed by atoms with Crippen molar-refractivity contribution in [3.8, 4) is 0 Å². The van der Waals surface area contributed by atoms with E-state index in [0.29, 0.717) is 13.1 Å². The van der Waals surface area contributed by atoms with Crippen molar-refractivity contribution in [2.75, 3.05) is 26.3 Å². The van der Waals surface area contributed by atoms with E-state index >= 15 is 0 Å². The molecule has 1 aromatic rings. The third-order valence-electron chi connectivity index (χ3n) is 1.86. The summed E-state index contributed by atoms with van der Waals surface area (Å²) in [4.78, 5) is 2.02. The Morgan fingerprint density at radius 2 is 1.93 bits per heavy atom. The lowest BCUT2D eigenvalue weighted by atomic mass is 10.3. The molecule has 0 radical (unpaired) electrons. The molecule has 0 bridgehead atoms. The van der Waals surface area contributed by atoms with E-state index in [2.05, 4.69) is 27.4 Å². The van der Waals surface area contributed by atoms with Crippen LogP contribution in [0.4, 0.5) is 0 Å². The number of aliphatic hydroxyl groups excluding tert-OH is 2. The maximum Gasteiger partial charge on any atom is 0.0701 e. The van der Waals surface area contributed by atoms with Gasteiger partial charge in [-0.1, -0.05) is 0 Å². The number of rotatable bonds is 6. The van der Waals surface area contributed by atoms with E-state index < -0.39 is 0 Å². The summed E-state index contributed by atoms with van der Waals surface area (Å²) in [7, 11) is 0. The number of halogens is 1. The molecule has 5 heteroatoms. The molecule has 14 heavy (non-hydrogen) atoms. The van der Waals surface area contributed by atoms with Gasteiger partial charge in [-0.2, -0.15) is 0 Å². The zero-order valence-corrected chi connectivity index (χ0v) is 10.2. The van der Waals surface area contributed by atoms with Gasteiger partial charge in [0.25, 0.3) is 0 Å². The largest absolute Gasteiger partial charge is 0.395 e. The highest BCUT2D eigenvalue weighted by molar-refractivity contribution is 9.11. The number of aliphatic hydroxyl groups is 2. The second kappa shape index (κ2) is 6.53. The Balaban J connectivity index is 2.46. The van der Waals surface area contributed by atoms with Gasteiger partial charge in [0, 0.05) is 19.6 Å². The van der Waals surface area contributed by atoms with E-state index in [-0.39, 0.29) is 13.2 Å². The Hall–Kier alpha value is 0.0600. The highest BCUT2D eigenvalue weighted by atomic mass is 79.9. The van der Waals surface area contributed by atoms with Crippen LogP contribution in [0.2, 0.25) is 0 Å². The minimum atomic E-state index is 0.130. The zero-order valence-electron chi connectivity index (χ0n) is 7.82. The molecule has 3 nitrogen and oxygen atoms in total. The van der Waals surface area contributed by atoms with E-state index in [9.17, 15) is 0 Å². The molecule has 0 unspecified atom stereocenters. The van der Waals surface area contributed by atoms with Crippen LogP contribution >= 0.6 is 27.3 Å². The molecule has 0 atom stereocenters. The fourth-order valence-electron chi connectivity index (χ4n) is 1.24. The topological polar surface area (TPSA) is 43.7 Å². The summed E-state index contributed by atoms with van der Waals surface area (Å²) in [5, 5.41) is 19.7. The van der Waals surface area contributed by atoms with Gasteiger partial charge in [0.15, 0.2) is 0 Å². The summed E-state index contributed by atoms with van der Waals surface area (Å²) in [5.74, 6) is 0. The van der Waals surface area contributed by atoms with Crippen LogP contribution in [-0.2, 0) is 6.54 Å². The quantitative estimate of drug-likeness (QED) is 0.825. The molecular formula is C9H14BrNO2S. The lowest BCUT2D eigenvalue weighted by Crippen LogP contribution is -2.29. The molecular weight excluding hydrogens is 266 g/mol. The zero-order chi connectivity index (χ0) is 10.4. The minimum absolute atomic E-state index is 0.130. The summed E-state index contributed by atoms with van der Waals surface area (Å²) in [6.45, 7) is 2.25. The first-order valence-corrected chi connectivity index (χ1v) is 6.10. The van der Waals surface area contributed by atoms with Crippen LogP contribution < -0.4 is 0 Å². The van der Waals surface area contributed by atoms with Gasteiger partial charge < -0.3 is 10.2 Å². The number of thiophene rings is 1. The standard InChI is InChI=1S/C9H14BrNO2S/c10-9-5-8(7-14-9)6-11(1-3-12)2-4-13/h5,7,12-13H,1-4,6H2. The lowest BCUT2D eigenvalue weighted by Gasteiger charge is -2.19. The fraction of sp³-hybridized carbons (Fsp3) is 0.556.